The summed E-state index contributed by atoms with van der Waals surface area (Å²) < 4.78 is 0.994. The number of benzene rings is 1. The van der Waals surface area contributed by atoms with Crippen LogP contribution in [0, 0.1) is 18.3 Å². The Morgan fingerprint density at radius 1 is 1.29 bits per heavy atom. The monoisotopic (exact) mass is 305 g/mol. The molecule has 0 N–H and O–H groups in total. The van der Waals surface area contributed by atoms with E-state index in [-0.39, 0.29) is 0 Å². The van der Waals surface area contributed by atoms with Gasteiger partial charge in [-0.1, -0.05) is 12.1 Å². The van der Waals surface area contributed by atoms with Crippen molar-refractivity contribution in [2.24, 2.45) is 0 Å². The van der Waals surface area contributed by atoms with Crippen LogP contribution in [0.2, 0.25) is 0 Å². The highest BCUT2D eigenvalue weighted by Gasteiger charge is 2.06. The second-order valence-electron chi connectivity index (χ2n) is 3.32. The summed E-state index contributed by atoms with van der Waals surface area (Å²) >= 11 is 4.90. The molecular weight excluding hydrogens is 298 g/mol. The maximum absolute atomic E-state index is 8.85. The van der Waals surface area contributed by atoms with Crippen LogP contribution < -0.4 is 0 Å². The van der Waals surface area contributed by atoms with Crippen LogP contribution in [0.3, 0.4) is 0 Å². The van der Waals surface area contributed by atoms with Crippen LogP contribution in [0.25, 0.3) is 0 Å². The molecule has 0 aliphatic carbocycles. The van der Waals surface area contributed by atoms with Crippen molar-refractivity contribution in [2.45, 2.75) is 17.0 Å². The molecule has 0 fully saturated rings. The molecule has 3 nitrogen and oxygen atoms in total. The molecule has 0 aliphatic rings. The molecule has 17 heavy (non-hydrogen) atoms. The summed E-state index contributed by atoms with van der Waals surface area (Å²) in [6, 6.07) is 11.5. The standard InChI is InChI=1S/C12H8BrN3S/c1-8-6-9(7-14)16-12(15-8)17-11-5-3-2-4-10(11)13/h2-6H,1H3. The number of halogens is 1. The summed E-state index contributed by atoms with van der Waals surface area (Å²) in [4.78, 5) is 9.49. The minimum Gasteiger partial charge on any atom is -0.228 e. The van der Waals surface area contributed by atoms with Crippen LogP contribution in [0.4, 0.5) is 0 Å². The molecule has 0 spiro atoms. The number of nitriles is 1. The van der Waals surface area contributed by atoms with E-state index in [1.807, 2.05) is 37.3 Å². The van der Waals surface area contributed by atoms with Gasteiger partial charge in [-0.05, 0) is 52.8 Å². The maximum Gasteiger partial charge on any atom is 0.193 e. The van der Waals surface area contributed by atoms with Crippen molar-refractivity contribution in [1.82, 2.24) is 9.97 Å². The minimum absolute atomic E-state index is 0.395. The van der Waals surface area contributed by atoms with Gasteiger partial charge in [-0.25, -0.2) is 9.97 Å². The lowest BCUT2D eigenvalue weighted by Gasteiger charge is -2.03. The highest BCUT2D eigenvalue weighted by molar-refractivity contribution is 9.10. The van der Waals surface area contributed by atoms with Gasteiger partial charge in [0.25, 0.3) is 0 Å². The Morgan fingerprint density at radius 2 is 2.06 bits per heavy atom. The molecule has 0 radical (unpaired) electrons. The number of hydrogen-bond acceptors (Lipinski definition) is 4. The second-order valence-corrected chi connectivity index (χ2v) is 5.18. The van der Waals surface area contributed by atoms with Crippen molar-refractivity contribution in [2.75, 3.05) is 0 Å². The Labute approximate surface area is 112 Å². The highest BCUT2D eigenvalue weighted by Crippen LogP contribution is 2.31. The average Bonchev–Trinajstić information content (AvgIpc) is 2.31. The van der Waals surface area contributed by atoms with Crippen LogP contribution in [0.15, 0.2) is 44.9 Å². The predicted molar refractivity (Wildman–Crippen MR) is 69.7 cm³/mol. The molecule has 2 aromatic rings. The molecular formula is C12H8BrN3S. The number of rotatable bonds is 2. The van der Waals surface area contributed by atoms with E-state index in [1.54, 1.807) is 6.07 Å². The summed E-state index contributed by atoms with van der Waals surface area (Å²) in [7, 11) is 0. The Kier molecular flexibility index (Phi) is 3.77. The molecule has 5 heteroatoms. The lowest BCUT2D eigenvalue weighted by atomic mass is 10.4. The summed E-state index contributed by atoms with van der Waals surface area (Å²) in [5.41, 5.74) is 1.19. The lowest BCUT2D eigenvalue weighted by Crippen LogP contribution is -1.93. The summed E-state index contributed by atoms with van der Waals surface area (Å²) in [5.74, 6) is 0. The van der Waals surface area contributed by atoms with Crippen molar-refractivity contribution >= 4 is 27.7 Å². The minimum atomic E-state index is 0.395. The molecule has 0 saturated heterocycles. The first-order chi connectivity index (χ1) is 8.19. The Balaban J connectivity index is 2.34. The summed E-state index contributed by atoms with van der Waals surface area (Å²) in [6.07, 6.45) is 0. The first-order valence-electron chi connectivity index (χ1n) is 4.87. The SMILES string of the molecule is Cc1cc(C#N)nc(Sc2ccccc2Br)n1. The number of aryl methyl sites for hydroxylation is 1. The van der Waals surface area contributed by atoms with Crippen LogP contribution in [0.1, 0.15) is 11.4 Å². The van der Waals surface area contributed by atoms with Gasteiger partial charge in [0.2, 0.25) is 0 Å². The predicted octanol–water partition coefficient (Wildman–Crippen LogP) is 3.57. The highest BCUT2D eigenvalue weighted by atomic mass is 79.9. The fraction of sp³-hybridized carbons (Fsp3) is 0.0833. The molecule has 0 aliphatic heterocycles. The zero-order valence-electron chi connectivity index (χ0n) is 9.01. The summed E-state index contributed by atoms with van der Waals surface area (Å²) in [6.45, 7) is 1.85. The van der Waals surface area contributed by atoms with E-state index < -0.39 is 0 Å². The van der Waals surface area contributed by atoms with Gasteiger partial charge < -0.3 is 0 Å². The van der Waals surface area contributed by atoms with Gasteiger partial charge in [0.05, 0.1) is 0 Å². The van der Waals surface area contributed by atoms with Gasteiger partial charge in [0, 0.05) is 15.1 Å². The average molecular weight is 306 g/mol. The van der Waals surface area contributed by atoms with Crippen molar-refractivity contribution in [1.29, 1.82) is 5.26 Å². The fourth-order valence-corrected chi connectivity index (χ4v) is 2.64. The normalized spacial score (nSPS) is 9.94. The van der Waals surface area contributed by atoms with Crippen LogP contribution in [-0.2, 0) is 0 Å². The first-order valence-corrected chi connectivity index (χ1v) is 6.48. The molecule has 2 rings (SSSR count). The lowest BCUT2D eigenvalue weighted by molar-refractivity contribution is 0.919. The maximum atomic E-state index is 8.85. The smallest absolute Gasteiger partial charge is 0.193 e. The number of nitrogens with zero attached hydrogens (tertiary/aromatic N) is 3. The summed E-state index contributed by atoms with van der Waals surface area (Å²) in [5, 5.41) is 9.44. The van der Waals surface area contributed by atoms with Crippen LogP contribution in [0.5, 0.6) is 0 Å². The molecule has 0 amide bonds. The van der Waals surface area contributed by atoms with Crippen LogP contribution in [-0.4, -0.2) is 9.97 Å². The van der Waals surface area contributed by atoms with Crippen molar-refractivity contribution in [3.05, 3.63) is 46.2 Å². The fourth-order valence-electron chi connectivity index (χ4n) is 1.27. The third-order valence-electron chi connectivity index (χ3n) is 1.99. The quantitative estimate of drug-likeness (QED) is 0.796. The van der Waals surface area contributed by atoms with Gasteiger partial charge in [0.1, 0.15) is 11.8 Å². The molecule has 0 unspecified atom stereocenters. The van der Waals surface area contributed by atoms with Gasteiger partial charge in [-0.2, -0.15) is 5.26 Å². The van der Waals surface area contributed by atoms with Crippen LogP contribution >= 0.6 is 27.7 Å². The van der Waals surface area contributed by atoms with Crippen molar-refractivity contribution < 1.29 is 0 Å². The molecule has 0 bridgehead atoms. The third-order valence-corrected chi connectivity index (χ3v) is 3.88. The molecule has 0 saturated carbocycles. The van der Waals surface area contributed by atoms with E-state index in [2.05, 4.69) is 25.9 Å². The zero-order chi connectivity index (χ0) is 12.3. The molecule has 0 atom stereocenters. The van der Waals surface area contributed by atoms with E-state index in [0.717, 1.165) is 15.1 Å². The molecule has 84 valence electrons. The molecule has 1 heterocycles. The van der Waals surface area contributed by atoms with E-state index in [9.17, 15) is 0 Å². The van der Waals surface area contributed by atoms with Crippen molar-refractivity contribution in [3.63, 3.8) is 0 Å². The topological polar surface area (TPSA) is 49.6 Å². The van der Waals surface area contributed by atoms with Gasteiger partial charge >= 0.3 is 0 Å². The third kappa shape index (κ3) is 3.05. The van der Waals surface area contributed by atoms with E-state index in [4.69, 9.17) is 5.26 Å². The van der Waals surface area contributed by atoms with Crippen molar-refractivity contribution in [3.8, 4) is 6.07 Å². The number of hydrogen-bond donors (Lipinski definition) is 0. The molecule has 1 aromatic carbocycles. The Hall–Kier alpha value is -1.38. The largest absolute Gasteiger partial charge is 0.228 e. The first kappa shape index (κ1) is 12.1. The second kappa shape index (κ2) is 5.30. The van der Waals surface area contributed by atoms with E-state index in [1.165, 1.54) is 11.8 Å². The number of aromatic nitrogens is 2. The van der Waals surface area contributed by atoms with E-state index in [0.29, 0.717) is 10.9 Å². The zero-order valence-corrected chi connectivity index (χ0v) is 11.4. The van der Waals surface area contributed by atoms with Gasteiger partial charge in [-0.15, -0.1) is 0 Å². The Morgan fingerprint density at radius 3 is 2.76 bits per heavy atom. The van der Waals surface area contributed by atoms with Gasteiger partial charge in [-0.3, -0.25) is 0 Å². The van der Waals surface area contributed by atoms with E-state index >= 15 is 0 Å². The Bertz CT molecular complexity index is 593. The van der Waals surface area contributed by atoms with Gasteiger partial charge in [0.15, 0.2) is 5.16 Å². The molecule has 1 aromatic heterocycles.